The number of allylic oxidation sites excluding steroid dienone is 12. The maximum Gasteiger partial charge on any atom is 0.248 e. The molecule has 1 aliphatic carbocycles. The van der Waals surface area contributed by atoms with Crippen molar-refractivity contribution in [3.63, 3.8) is 0 Å². The lowest BCUT2D eigenvalue weighted by Gasteiger charge is -2.29. The zero-order valence-electron chi connectivity index (χ0n) is 34.9. The number of aldehydes is 1. The third kappa shape index (κ3) is 9.37. The van der Waals surface area contributed by atoms with Crippen LogP contribution in [-0.4, -0.2) is 95.4 Å². The maximum atomic E-state index is 13.4. The molecule has 0 saturated heterocycles. The molecule has 0 unspecified atom stereocenters. The summed E-state index contributed by atoms with van der Waals surface area (Å²) >= 11 is 0. The molecule has 55 heavy (non-hydrogen) atoms. The van der Waals surface area contributed by atoms with Crippen LogP contribution in [0.2, 0.25) is 0 Å². The van der Waals surface area contributed by atoms with Crippen LogP contribution in [-0.2, 0) is 15.6 Å². The van der Waals surface area contributed by atoms with Crippen molar-refractivity contribution >= 4 is 29.4 Å². The number of nitrogens with zero attached hydrogens (tertiary/aromatic N) is 4. The van der Waals surface area contributed by atoms with Gasteiger partial charge in [0.25, 0.3) is 0 Å². The third-order valence-corrected chi connectivity index (χ3v) is 11.2. The van der Waals surface area contributed by atoms with E-state index in [-0.39, 0.29) is 16.6 Å². The zero-order valence-corrected chi connectivity index (χ0v) is 34.9. The minimum atomic E-state index is -0.423. The van der Waals surface area contributed by atoms with Crippen LogP contribution in [0, 0.1) is 0 Å². The van der Waals surface area contributed by atoms with Gasteiger partial charge >= 0.3 is 0 Å². The highest BCUT2D eigenvalue weighted by Gasteiger charge is 2.41. The number of amides is 1. The number of quaternary nitrogens is 2. The van der Waals surface area contributed by atoms with Gasteiger partial charge in [-0.05, 0) is 72.5 Å². The van der Waals surface area contributed by atoms with E-state index in [1.807, 2.05) is 66.8 Å². The fourth-order valence-electron chi connectivity index (χ4n) is 8.14. The molecule has 1 fully saturated rings. The number of carbonyl (C=O) groups is 3. The number of Topliss-reactive ketones (excluding diaryl/α,β-unsaturated/α-hetero) is 1. The molecule has 8 heteroatoms. The molecule has 0 spiro atoms. The number of nitrogens with two attached hydrogens (primary N) is 1. The van der Waals surface area contributed by atoms with Crippen LogP contribution in [0.4, 0.5) is 11.4 Å². The van der Waals surface area contributed by atoms with E-state index in [2.05, 4.69) is 98.0 Å². The SMILES string of the molecule is CC1(C)C(=CC=CC=C2CCC(=CC=CC=C3N(CCC[N+](C)(C)C)c4ccc(C(N)=O)cc4C3(C)C)C2=O)N(CCC[N+](C)(C)C)c2ccc(C=O)cc21. The van der Waals surface area contributed by atoms with Gasteiger partial charge in [0.1, 0.15) is 6.29 Å². The highest BCUT2D eigenvalue weighted by molar-refractivity contribution is 6.11. The number of primary amides is 1. The molecule has 0 bridgehead atoms. The highest BCUT2D eigenvalue weighted by atomic mass is 16.1. The smallest absolute Gasteiger partial charge is 0.248 e. The molecule has 2 aromatic carbocycles. The van der Waals surface area contributed by atoms with Crippen LogP contribution in [0.5, 0.6) is 0 Å². The van der Waals surface area contributed by atoms with Gasteiger partial charge in [0.15, 0.2) is 5.78 Å². The second-order valence-corrected chi connectivity index (χ2v) is 18.4. The average Bonchev–Trinajstić information content (AvgIpc) is 3.63. The summed E-state index contributed by atoms with van der Waals surface area (Å²) in [4.78, 5) is 41.9. The van der Waals surface area contributed by atoms with Gasteiger partial charge in [-0.15, -0.1) is 0 Å². The van der Waals surface area contributed by atoms with Crippen LogP contribution in [0.25, 0.3) is 0 Å². The Morgan fingerprint density at radius 1 is 0.691 bits per heavy atom. The molecule has 5 rings (SSSR count). The van der Waals surface area contributed by atoms with Crippen molar-refractivity contribution in [3.05, 3.63) is 130 Å². The standard InChI is InChI=1S/C47H62N5O3/c1-46(2)38-31-34(33-53)21-25-40(38)49(27-15-29-51(5,6)7)42(46)19-13-11-17-35-22-23-36(44(35)54)18-12-14-20-43-47(3,4)39-32-37(45(48)55)24-26-41(39)50(43)28-16-30-52(8,9)10/h11-14,17-21,24-26,31-33H,15-16,22-23,27-30H2,1-10H3,(H-,48,55)/q+1/p+1. The van der Waals surface area contributed by atoms with E-state index in [4.69, 9.17) is 5.73 Å². The topological polar surface area (TPSA) is 83.7 Å². The van der Waals surface area contributed by atoms with Crippen molar-refractivity contribution in [1.82, 2.24) is 0 Å². The first-order valence-corrected chi connectivity index (χ1v) is 19.7. The van der Waals surface area contributed by atoms with Crippen molar-refractivity contribution in [1.29, 1.82) is 0 Å². The molecular formula is C47H63N5O3+2. The van der Waals surface area contributed by atoms with E-state index in [0.717, 1.165) is 93.6 Å². The molecular weight excluding hydrogens is 683 g/mol. The number of hydrogen-bond acceptors (Lipinski definition) is 5. The summed E-state index contributed by atoms with van der Waals surface area (Å²) in [6, 6.07) is 11.8. The second kappa shape index (κ2) is 16.1. The number of benzene rings is 2. The Hall–Kier alpha value is -4.79. The number of hydrogen-bond donors (Lipinski definition) is 1. The van der Waals surface area contributed by atoms with Crippen molar-refractivity contribution in [2.75, 3.05) is 78.3 Å². The maximum absolute atomic E-state index is 13.4. The molecule has 2 aromatic rings. The summed E-state index contributed by atoms with van der Waals surface area (Å²) in [5, 5.41) is 0. The Balaban J connectivity index is 1.32. The summed E-state index contributed by atoms with van der Waals surface area (Å²) in [5.41, 5.74) is 14.8. The van der Waals surface area contributed by atoms with Crippen molar-refractivity contribution < 1.29 is 23.3 Å². The molecule has 3 aliphatic rings. The first-order valence-electron chi connectivity index (χ1n) is 19.7. The van der Waals surface area contributed by atoms with Crippen molar-refractivity contribution in [3.8, 4) is 0 Å². The van der Waals surface area contributed by atoms with E-state index >= 15 is 0 Å². The Bertz CT molecular complexity index is 2010. The lowest BCUT2D eigenvalue weighted by Crippen LogP contribution is -2.37. The molecule has 2 heterocycles. The quantitative estimate of drug-likeness (QED) is 0.121. The first kappa shape index (κ1) is 41.4. The number of anilines is 2. The van der Waals surface area contributed by atoms with E-state index < -0.39 is 5.91 Å². The predicted octanol–water partition coefficient (Wildman–Crippen LogP) is 7.78. The summed E-state index contributed by atoms with van der Waals surface area (Å²) in [6.07, 6.45) is 20.7. The molecule has 292 valence electrons. The van der Waals surface area contributed by atoms with Crippen LogP contribution >= 0.6 is 0 Å². The summed E-state index contributed by atoms with van der Waals surface area (Å²) in [7, 11) is 13.3. The molecule has 0 radical (unpaired) electrons. The Kier molecular flexibility index (Phi) is 12.1. The summed E-state index contributed by atoms with van der Waals surface area (Å²) in [6.45, 7) is 12.7. The Morgan fingerprint density at radius 2 is 1.13 bits per heavy atom. The summed E-state index contributed by atoms with van der Waals surface area (Å²) < 4.78 is 1.80. The number of carbonyl (C=O) groups excluding carboxylic acids is 3. The molecule has 0 aromatic heterocycles. The molecule has 0 atom stereocenters. The van der Waals surface area contributed by atoms with Gasteiger partial charge in [0, 0.05) is 81.8 Å². The molecule has 8 nitrogen and oxygen atoms in total. The lowest BCUT2D eigenvalue weighted by atomic mass is 9.83. The van der Waals surface area contributed by atoms with Crippen LogP contribution in [0.1, 0.15) is 85.2 Å². The minimum absolute atomic E-state index is 0.0982. The average molecular weight is 746 g/mol. The minimum Gasteiger partial charge on any atom is -0.366 e. The first-order chi connectivity index (χ1) is 25.7. The molecule has 1 saturated carbocycles. The van der Waals surface area contributed by atoms with E-state index in [1.54, 1.807) is 0 Å². The van der Waals surface area contributed by atoms with Crippen molar-refractivity contribution in [2.24, 2.45) is 5.73 Å². The number of rotatable bonds is 14. The van der Waals surface area contributed by atoms with E-state index in [0.29, 0.717) is 24.0 Å². The second-order valence-electron chi connectivity index (χ2n) is 18.4. The van der Waals surface area contributed by atoms with Gasteiger partial charge in [-0.1, -0.05) is 64.2 Å². The van der Waals surface area contributed by atoms with Gasteiger partial charge < -0.3 is 24.5 Å². The fourth-order valence-corrected chi connectivity index (χ4v) is 8.14. The van der Waals surface area contributed by atoms with Gasteiger partial charge in [0.05, 0.1) is 55.4 Å². The summed E-state index contributed by atoms with van der Waals surface area (Å²) in [5.74, 6) is -0.325. The van der Waals surface area contributed by atoms with Crippen LogP contribution < -0.4 is 15.5 Å². The fraction of sp³-hybridized carbons (Fsp3) is 0.426. The van der Waals surface area contributed by atoms with Gasteiger partial charge in [-0.3, -0.25) is 14.4 Å². The van der Waals surface area contributed by atoms with Gasteiger partial charge in [-0.25, -0.2) is 0 Å². The largest absolute Gasteiger partial charge is 0.366 e. The molecule has 1 amide bonds. The van der Waals surface area contributed by atoms with Gasteiger partial charge in [0.2, 0.25) is 5.91 Å². The Labute approximate surface area is 329 Å². The number of fused-ring (bicyclic) bond motifs is 2. The lowest BCUT2D eigenvalue weighted by molar-refractivity contribution is -0.870. The van der Waals surface area contributed by atoms with Crippen molar-refractivity contribution in [2.45, 2.75) is 64.2 Å². The van der Waals surface area contributed by atoms with Gasteiger partial charge in [-0.2, -0.15) is 0 Å². The number of ketones is 1. The predicted molar refractivity (Wildman–Crippen MR) is 227 cm³/mol. The van der Waals surface area contributed by atoms with E-state index in [9.17, 15) is 14.4 Å². The highest BCUT2D eigenvalue weighted by Crippen LogP contribution is 2.49. The van der Waals surface area contributed by atoms with E-state index in [1.165, 1.54) is 5.70 Å². The third-order valence-electron chi connectivity index (χ3n) is 11.2. The molecule has 2 aliphatic heterocycles. The van der Waals surface area contributed by atoms with Crippen LogP contribution in [0.15, 0.2) is 108 Å². The molecule has 2 N–H and O–H groups in total. The van der Waals surface area contributed by atoms with Crippen LogP contribution in [0.3, 0.4) is 0 Å². The Morgan fingerprint density at radius 3 is 1.56 bits per heavy atom. The normalized spacial score (nSPS) is 20.9. The zero-order chi connectivity index (χ0) is 40.3. The monoisotopic (exact) mass is 745 g/mol.